The van der Waals surface area contributed by atoms with Crippen LogP contribution in [0.5, 0.6) is 0 Å². The molecule has 2 aliphatic rings. The smallest absolute Gasteiger partial charge is 0.407 e. The van der Waals surface area contributed by atoms with Crippen LogP contribution in [0.25, 0.3) is 0 Å². The second kappa shape index (κ2) is 12.8. The Morgan fingerprint density at radius 1 is 1.02 bits per heavy atom. The van der Waals surface area contributed by atoms with Gasteiger partial charge >= 0.3 is 12.1 Å². The third kappa shape index (κ3) is 8.49. The molecule has 15 heteroatoms. The molecule has 0 bridgehead atoms. The van der Waals surface area contributed by atoms with E-state index in [-0.39, 0.29) is 47.1 Å². The number of nitrogens with one attached hydrogen (secondary N) is 4. The van der Waals surface area contributed by atoms with Crippen LogP contribution in [0.2, 0.25) is 0 Å². The maximum atomic E-state index is 12.9. The molecular weight excluding hydrogens is 588 g/mol. The summed E-state index contributed by atoms with van der Waals surface area (Å²) in [6.07, 6.45) is 4.86. The molecular formula is C29H42N8O6S. The highest BCUT2D eigenvalue weighted by Gasteiger charge is 2.30. The molecule has 2 aromatic rings. The first-order valence-electron chi connectivity index (χ1n) is 14.6. The molecule has 0 saturated heterocycles. The number of urea groups is 1. The van der Waals surface area contributed by atoms with E-state index >= 15 is 0 Å². The summed E-state index contributed by atoms with van der Waals surface area (Å²) in [5.74, 6) is 0.707. The fourth-order valence-corrected chi connectivity index (χ4v) is 5.74. The fourth-order valence-electron chi connectivity index (χ4n) is 5.06. The zero-order chi connectivity index (χ0) is 32.4. The number of alkyl carbamates (subject to hydrolysis) is 1. The van der Waals surface area contributed by atoms with Gasteiger partial charge in [-0.2, -0.15) is 4.98 Å². The van der Waals surface area contributed by atoms with Gasteiger partial charge in [0.2, 0.25) is 11.9 Å². The molecule has 14 nitrogen and oxygen atoms in total. The Balaban J connectivity index is 1.44. The Morgan fingerprint density at radius 3 is 2.23 bits per heavy atom. The van der Waals surface area contributed by atoms with Gasteiger partial charge in [0.25, 0.3) is 0 Å². The number of anilines is 5. The van der Waals surface area contributed by atoms with Crippen LogP contribution in [0.4, 0.5) is 38.4 Å². The lowest BCUT2D eigenvalue weighted by atomic mass is 9.91. The zero-order valence-electron chi connectivity index (χ0n) is 26.2. The van der Waals surface area contributed by atoms with Gasteiger partial charge in [0, 0.05) is 42.8 Å². The minimum Gasteiger partial charge on any atom is -0.444 e. The number of hydrogen-bond donors (Lipinski definition) is 4. The molecule has 0 atom stereocenters. The van der Waals surface area contributed by atoms with Crippen molar-refractivity contribution < 1.29 is 27.5 Å². The number of benzene rings is 1. The van der Waals surface area contributed by atoms with Crippen LogP contribution in [0, 0.1) is 0 Å². The molecule has 4 rings (SSSR count). The van der Waals surface area contributed by atoms with Crippen molar-refractivity contribution in [2.45, 2.75) is 88.9 Å². The number of likely N-dealkylation sites (N-methyl/N-ethyl adjacent to an activating group) is 1. The average molecular weight is 631 g/mol. The van der Waals surface area contributed by atoms with Crippen molar-refractivity contribution in [3.05, 3.63) is 24.4 Å². The number of sulfone groups is 1. The lowest BCUT2D eigenvalue weighted by Gasteiger charge is -2.36. The van der Waals surface area contributed by atoms with Crippen molar-refractivity contribution in [3.63, 3.8) is 0 Å². The summed E-state index contributed by atoms with van der Waals surface area (Å²) in [5.41, 5.74) is 0.610. The van der Waals surface area contributed by atoms with Crippen LogP contribution in [-0.2, 0) is 19.4 Å². The van der Waals surface area contributed by atoms with Gasteiger partial charge in [-0.15, -0.1) is 0 Å². The summed E-state index contributed by atoms with van der Waals surface area (Å²) < 4.78 is 30.3. The number of hydrogen-bond acceptors (Lipinski definition) is 10. The normalized spacial score (nSPS) is 18.9. The highest BCUT2D eigenvalue weighted by Crippen LogP contribution is 2.33. The molecule has 0 spiro atoms. The summed E-state index contributed by atoms with van der Waals surface area (Å²) >= 11 is 0. The second-order valence-corrected chi connectivity index (χ2v) is 14.5. The molecule has 0 unspecified atom stereocenters. The molecule has 2 heterocycles. The van der Waals surface area contributed by atoms with E-state index in [1.807, 2.05) is 39.5 Å². The van der Waals surface area contributed by atoms with Gasteiger partial charge in [-0.3, -0.25) is 4.79 Å². The maximum absolute atomic E-state index is 12.9. The van der Waals surface area contributed by atoms with Crippen LogP contribution in [0.3, 0.4) is 0 Å². The van der Waals surface area contributed by atoms with Crippen molar-refractivity contribution in [2.24, 2.45) is 0 Å². The molecule has 1 aromatic heterocycles. The number of rotatable bonds is 7. The quantitative estimate of drug-likeness (QED) is 0.352. The van der Waals surface area contributed by atoms with Gasteiger partial charge < -0.3 is 35.8 Å². The van der Waals surface area contributed by atoms with Gasteiger partial charge in [0.05, 0.1) is 17.6 Å². The van der Waals surface area contributed by atoms with Crippen molar-refractivity contribution in [1.29, 1.82) is 0 Å². The van der Waals surface area contributed by atoms with Crippen molar-refractivity contribution in [2.75, 3.05) is 40.3 Å². The van der Waals surface area contributed by atoms with E-state index in [2.05, 4.69) is 31.2 Å². The second-order valence-electron chi connectivity index (χ2n) is 12.5. The molecule has 1 fully saturated rings. The molecule has 4 N–H and O–H groups in total. The topological polar surface area (TPSA) is 175 Å². The van der Waals surface area contributed by atoms with E-state index in [9.17, 15) is 22.8 Å². The number of carbonyl (C=O) groups is 3. The summed E-state index contributed by atoms with van der Waals surface area (Å²) in [6.45, 7) is 9.52. The number of nitrogens with zero attached hydrogens (tertiary/aromatic N) is 4. The zero-order valence-corrected chi connectivity index (χ0v) is 27.0. The van der Waals surface area contributed by atoms with Crippen molar-refractivity contribution in [3.8, 4) is 0 Å². The van der Waals surface area contributed by atoms with Gasteiger partial charge in [-0.1, -0.05) is 0 Å². The van der Waals surface area contributed by atoms with E-state index < -0.39 is 27.6 Å². The van der Waals surface area contributed by atoms with Gasteiger partial charge in [-0.25, -0.2) is 23.0 Å². The molecule has 0 radical (unpaired) electrons. The van der Waals surface area contributed by atoms with E-state index in [0.29, 0.717) is 42.9 Å². The van der Waals surface area contributed by atoms with E-state index in [0.717, 1.165) is 6.26 Å². The Kier molecular flexibility index (Phi) is 9.56. The first kappa shape index (κ1) is 32.8. The Hall–Kier alpha value is -4.14. The van der Waals surface area contributed by atoms with E-state index in [1.54, 1.807) is 19.3 Å². The minimum atomic E-state index is -3.63. The molecule has 1 saturated carbocycles. The third-order valence-electron chi connectivity index (χ3n) is 7.32. The van der Waals surface area contributed by atoms with Crippen LogP contribution < -0.4 is 31.1 Å². The predicted octanol–water partition coefficient (Wildman–Crippen LogP) is 3.77. The van der Waals surface area contributed by atoms with Gasteiger partial charge in [0.1, 0.15) is 11.3 Å². The highest BCUT2D eigenvalue weighted by atomic mass is 32.2. The summed E-state index contributed by atoms with van der Waals surface area (Å²) in [5, 5.41) is 11.6. The number of amides is 4. The van der Waals surface area contributed by atoms with Crippen LogP contribution in [0.15, 0.2) is 29.3 Å². The van der Waals surface area contributed by atoms with Gasteiger partial charge in [0.15, 0.2) is 15.7 Å². The Morgan fingerprint density at radius 2 is 1.64 bits per heavy atom. The average Bonchev–Trinajstić information content (AvgIpc) is 2.90. The third-order valence-corrected chi connectivity index (χ3v) is 8.41. The molecule has 1 aliphatic heterocycles. The van der Waals surface area contributed by atoms with Crippen LogP contribution >= 0.6 is 0 Å². The monoisotopic (exact) mass is 630 g/mol. The molecule has 4 amide bonds. The molecule has 240 valence electrons. The maximum Gasteiger partial charge on any atom is 0.407 e. The molecule has 1 aromatic carbocycles. The summed E-state index contributed by atoms with van der Waals surface area (Å²) in [6, 6.07) is 3.80. The predicted molar refractivity (Wildman–Crippen MR) is 168 cm³/mol. The SMILES string of the molecule is CC(C)N1CC(=O)N(C)c2cnc(Nc3cc(NC(=O)NC4CCC(NC(=O)OC(C)(C)C)CC4)cc(S(C)(=O)=O)c3)nc21. The van der Waals surface area contributed by atoms with Crippen LogP contribution in [-0.4, -0.2) is 80.0 Å². The minimum absolute atomic E-state index is 0.00128. The van der Waals surface area contributed by atoms with Crippen molar-refractivity contribution in [1.82, 2.24) is 20.6 Å². The Labute approximate surface area is 258 Å². The lowest BCUT2D eigenvalue weighted by Crippen LogP contribution is -2.47. The van der Waals surface area contributed by atoms with Crippen LogP contribution in [0.1, 0.15) is 60.3 Å². The number of fused-ring (bicyclic) bond motifs is 1. The van der Waals surface area contributed by atoms with E-state index in [4.69, 9.17) is 4.74 Å². The molecule has 1 aliphatic carbocycles. The van der Waals surface area contributed by atoms with E-state index in [1.165, 1.54) is 17.0 Å². The van der Waals surface area contributed by atoms with Crippen molar-refractivity contribution >= 4 is 56.7 Å². The first-order chi connectivity index (χ1) is 20.5. The summed E-state index contributed by atoms with van der Waals surface area (Å²) in [7, 11) is -1.96. The highest BCUT2D eigenvalue weighted by molar-refractivity contribution is 7.90. The molecule has 44 heavy (non-hydrogen) atoms. The summed E-state index contributed by atoms with van der Waals surface area (Å²) in [4.78, 5) is 49.7. The standard InChI is InChI=1S/C29H42N8O6S/c1-17(2)37-16-24(38)36(6)23-15-30-26(35-25(23)37)31-20-12-21(14-22(13-20)44(7,41)42)33-27(39)32-18-8-10-19(11-9-18)34-28(40)43-29(3,4)5/h12-15,17-19H,8-11,16H2,1-7H3,(H,34,40)(H,30,31,35)(H2,32,33,39). The fraction of sp³-hybridized carbons (Fsp3) is 0.552. The largest absolute Gasteiger partial charge is 0.444 e. The number of aromatic nitrogens is 2. The number of ether oxygens (including phenoxy) is 1. The Bertz CT molecular complexity index is 1520. The number of carbonyl (C=O) groups excluding carboxylic acids is 3. The first-order valence-corrected chi connectivity index (χ1v) is 16.5. The lowest BCUT2D eigenvalue weighted by molar-refractivity contribution is -0.117. The van der Waals surface area contributed by atoms with Gasteiger partial charge in [-0.05, 0) is 78.5 Å².